The van der Waals surface area contributed by atoms with Gasteiger partial charge in [-0.15, -0.1) is 0 Å². The molecule has 6 nitrogen and oxygen atoms in total. The number of carbonyl (C=O) groups is 1. The van der Waals surface area contributed by atoms with Gasteiger partial charge in [0.1, 0.15) is 6.07 Å². The highest BCUT2D eigenvalue weighted by molar-refractivity contribution is 9.10. The van der Waals surface area contributed by atoms with Crippen molar-refractivity contribution in [2.45, 2.75) is 6.42 Å². The van der Waals surface area contributed by atoms with Gasteiger partial charge >= 0.3 is 0 Å². The SMILES string of the molecule is N#Cc1nccnc1NCCC(=O)Nc1ccc(Br)cc1. The van der Waals surface area contributed by atoms with E-state index in [2.05, 4.69) is 36.5 Å². The Bertz CT molecular complexity index is 666. The molecule has 1 aromatic carbocycles. The van der Waals surface area contributed by atoms with Gasteiger partial charge in [-0.25, -0.2) is 9.97 Å². The van der Waals surface area contributed by atoms with Crippen LogP contribution in [0.4, 0.5) is 11.5 Å². The molecule has 21 heavy (non-hydrogen) atoms. The smallest absolute Gasteiger partial charge is 0.226 e. The molecule has 1 amide bonds. The first-order valence-electron chi connectivity index (χ1n) is 6.19. The van der Waals surface area contributed by atoms with Crippen LogP contribution >= 0.6 is 15.9 Å². The average Bonchev–Trinajstić information content (AvgIpc) is 2.50. The largest absolute Gasteiger partial charge is 0.367 e. The monoisotopic (exact) mass is 345 g/mol. The number of hydrogen-bond donors (Lipinski definition) is 2. The summed E-state index contributed by atoms with van der Waals surface area (Å²) in [6, 6.07) is 9.27. The molecule has 1 aromatic heterocycles. The number of aromatic nitrogens is 2. The van der Waals surface area contributed by atoms with E-state index in [0.29, 0.717) is 12.4 Å². The van der Waals surface area contributed by atoms with Gasteiger partial charge in [-0.1, -0.05) is 15.9 Å². The molecule has 0 saturated heterocycles. The Hall–Kier alpha value is -2.46. The summed E-state index contributed by atoms with van der Waals surface area (Å²) in [5.74, 6) is 0.267. The molecule has 2 aromatic rings. The highest BCUT2D eigenvalue weighted by Gasteiger charge is 2.05. The van der Waals surface area contributed by atoms with Gasteiger partial charge in [-0.3, -0.25) is 4.79 Å². The Morgan fingerprint density at radius 2 is 1.95 bits per heavy atom. The summed E-state index contributed by atoms with van der Waals surface area (Å²) in [6.45, 7) is 0.371. The Balaban J connectivity index is 1.82. The molecule has 2 N–H and O–H groups in total. The number of anilines is 2. The fraction of sp³-hybridized carbons (Fsp3) is 0.143. The van der Waals surface area contributed by atoms with Gasteiger partial charge < -0.3 is 10.6 Å². The number of hydrogen-bond acceptors (Lipinski definition) is 5. The van der Waals surface area contributed by atoms with Crippen molar-refractivity contribution in [3.8, 4) is 6.07 Å². The molecule has 0 fully saturated rings. The zero-order valence-electron chi connectivity index (χ0n) is 11.0. The van der Waals surface area contributed by atoms with Gasteiger partial charge in [0.2, 0.25) is 5.91 Å². The fourth-order valence-corrected chi connectivity index (χ4v) is 1.86. The molecule has 1 heterocycles. The van der Waals surface area contributed by atoms with Gasteiger partial charge in [-0.2, -0.15) is 5.26 Å². The van der Waals surface area contributed by atoms with E-state index in [1.807, 2.05) is 30.3 Å². The highest BCUT2D eigenvalue weighted by atomic mass is 79.9. The minimum atomic E-state index is -0.118. The van der Waals surface area contributed by atoms with E-state index in [0.717, 1.165) is 10.2 Å². The zero-order chi connectivity index (χ0) is 15.1. The van der Waals surface area contributed by atoms with E-state index in [1.54, 1.807) is 0 Å². The number of nitrogens with one attached hydrogen (secondary N) is 2. The second-order valence-corrected chi connectivity index (χ2v) is 5.01. The number of carbonyl (C=O) groups excluding carboxylic acids is 1. The Morgan fingerprint density at radius 3 is 2.67 bits per heavy atom. The third kappa shape index (κ3) is 4.54. The lowest BCUT2D eigenvalue weighted by atomic mass is 10.3. The van der Waals surface area contributed by atoms with Gasteiger partial charge in [0.05, 0.1) is 0 Å². The van der Waals surface area contributed by atoms with Crippen molar-refractivity contribution >= 4 is 33.3 Å². The van der Waals surface area contributed by atoms with Gasteiger partial charge in [0, 0.05) is 35.5 Å². The van der Waals surface area contributed by atoms with E-state index in [4.69, 9.17) is 5.26 Å². The van der Waals surface area contributed by atoms with Crippen LogP contribution in [0.15, 0.2) is 41.1 Å². The van der Waals surface area contributed by atoms with Crippen molar-refractivity contribution in [3.63, 3.8) is 0 Å². The minimum absolute atomic E-state index is 0.118. The molecule has 2 rings (SSSR count). The van der Waals surface area contributed by atoms with Crippen molar-refractivity contribution in [3.05, 3.63) is 46.8 Å². The molecule has 0 aliphatic heterocycles. The number of halogens is 1. The molecule has 0 saturated carbocycles. The summed E-state index contributed by atoms with van der Waals surface area (Å²) in [5, 5.41) is 14.6. The van der Waals surface area contributed by atoms with Gasteiger partial charge in [0.15, 0.2) is 11.5 Å². The Morgan fingerprint density at radius 1 is 1.24 bits per heavy atom. The first-order chi connectivity index (χ1) is 10.2. The fourth-order valence-electron chi connectivity index (χ4n) is 1.60. The third-order valence-electron chi connectivity index (χ3n) is 2.58. The van der Waals surface area contributed by atoms with Crippen LogP contribution in [0.3, 0.4) is 0 Å². The van der Waals surface area contributed by atoms with E-state index >= 15 is 0 Å². The molecular formula is C14H12BrN5O. The van der Waals surface area contributed by atoms with Crippen LogP contribution < -0.4 is 10.6 Å². The predicted octanol–water partition coefficient (Wildman–Crippen LogP) is 2.55. The second-order valence-electron chi connectivity index (χ2n) is 4.10. The maximum absolute atomic E-state index is 11.8. The molecule has 0 radical (unpaired) electrons. The van der Waals surface area contributed by atoms with Crippen molar-refractivity contribution in [2.75, 3.05) is 17.2 Å². The molecule has 106 valence electrons. The van der Waals surface area contributed by atoms with Crippen molar-refractivity contribution in [1.82, 2.24) is 9.97 Å². The van der Waals surface area contributed by atoms with Crippen molar-refractivity contribution in [2.24, 2.45) is 0 Å². The average molecular weight is 346 g/mol. The lowest BCUT2D eigenvalue weighted by Gasteiger charge is -2.07. The summed E-state index contributed by atoms with van der Waals surface area (Å²) in [7, 11) is 0. The summed E-state index contributed by atoms with van der Waals surface area (Å²) < 4.78 is 0.953. The van der Waals surface area contributed by atoms with E-state index in [-0.39, 0.29) is 18.0 Å². The van der Waals surface area contributed by atoms with E-state index in [1.165, 1.54) is 12.4 Å². The van der Waals surface area contributed by atoms with Gasteiger partial charge in [0.25, 0.3) is 0 Å². The number of benzene rings is 1. The molecular weight excluding hydrogens is 334 g/mol. The normalized spacial score (nSPS) is 9.71. The van der Waals surface area contributed by atoms with Gasteiger partial charge in [-0.05, 0) is 24.3 Å². The van der Waals surface area contributed by atoms with Crippen LogP contribution in [-0.2, 0) is 4.79 Å². The van der Waals surface area contributed by atoms with E-state index < -0.39 is 0 Å². The minimum Gasteiger partial charge on any atom is -0.367 e. The Labute approximate surface area is 130 Å². The lowest BCUT2D eigenvalue weighted by molar-refractivity contribution is -0.115. The molecule has 7 heteroatoms. The second kappa shape index (κ2) is 7.36. The number of nitrogens with zero attached hydrogens (tertiary/aromatic N) is 3. The number of amides is 1. The summed E-state index contributed by atoms with van der Waals surface area (Å²) in [5.41, 5.74) is 0.950. The standard InChI is InChI=1S/C14H12BrN5O/c15-10-1-3-11(4-2-10)20-13(21)5-6-18-14-12(9-16)17-7-8-19-14/h1-4,7-8H,5-6H2,(H,18,19)(H,20,21). The quantitative estimate of drug-likeness (QED) is 0.868. The van der Waals surface area contributed by atoms with Crippen molar-refractivity contribution in [1.29, 1.82) is 5.26 Å². The van der Waals surface area contributed by atoms with Crippen molar-refractivity contribution < 1.29 is 4.79 Å². The maximum atomic E-state index is 11.8. The maximum Gasteiger partial charge on any atom is 0.226 e. The first-order valence-corrected chi connectivity index (χ1v) is 6.99. The van der Waals surface area contributed by atoms with Crippen LogP contribution in [0.2, 0.25) is 0 Å². The van der Waals surface area contributed by atoms with E-state index in [9.17, 15) is 4.79 Å². The summed E-state index contributed by atoms with van der Waals surface area (Å²) in [4.78, 5) is 19.7. The Kier molecular flexibility index (Phi) is 5.23. The lowest BCUT2D eigenvalue weighted by Crippen LogP contribution is -2.17. The molecule has 0 bridgehead atoms. The molecule has 0 atom stereocenters. The van der Waals surface area contributed by atoms with Crippen LogP contribution in [0, 0.1) is 11.3 Å². The van der Waals surface area contributed by atoms with Crippen LogP contribution in [0.25, 0.3) is 0 Å². The zero-order valence-corrected chi connectivity index (χ0v) is 12.6. The summed E-state index contributed by atoms with van der Waals surface area (Å²) >= 11 is 3.33. The number of nitriles is 1. The first kappa shape index (κ1) is 14.9. The third-order valence-corrected chi connectivity index (χ3v) is 3.11. The molecule has 0 unspecified atom stereocenters. The molecule has 0 aliphatic rings. The molecule has 0 aliphatic carbocycles. The predicted molar refractivity (Wildman–Crippen MR) is 82.6 cm³/mol. The summed E-state index contributed by atoms with van der Waals surface area (Å²) in [6.07, 6.45) is 3.20. The van der Waals surface area contributed by atoms with Crippen LogP contribution in [-0.4, -0.2) is 22.4 Å². The highest BCUT2D eigenvalue weighted by Crippen LogP contribution is 2.14. The number of rotatable bonds is 5. The van der Waals surface area contributed by atoms with Crippen LogP contribution in [0.1, 0.15) is 12.1 Å². The molecule has 0 spiro atoms. The van der Waals surface area contributed by atoms with Crippen LogP contribution in [0.5, 0.6) is 0 Å². The topological polar surface area (TPSA) is 90.7 Å².